The maximum atomic E-state index is 12.0. The molecular formula is C21H25N7O. The lowest BCUT2D eigenvalue weighted by Crippen LogP contribution is -2.32. The largest absolute Gasteiger partial charge is 0.368 e. The number of carbonyl (C=O) groups is 1. The summed E-state index contributed by atoms with van der Waals surface area (Å²) in [5, 5.41) is 12.0. The molecule has 0 radical (unpaired) electrons. The molecule has 0 atom stereocenters. The van der Waals surface area contributed by atoms with E-state index in [0.717, 1.165) is 28.2 Å². The summed E-state index contributed by atoms with van der Waals surface area (Å²) in [4.78, 5) is 24.7. The number of benzene rings is 1. The van der Waals surface area contributed by atoms with Gasteiger partial charge in [0.1, 0.15) is 23.8 Å². The number of rotatable bonds is 7. The molecule has 0 saturated carbocycles. The van der Waals surface area contributed by atoms with Crippen molar-refractivity contribution in [1.82, 2.24) is 20.3 Å². The molecule has 150 valence electrons. The molecule has 3 aromatic rings. The number of hydrogen-bond donors (Lipinski definition) is 4. The van der Waals surface area contributed by atoms with Crippen LogP contribution in [0.3, 0.4) is 0 Å². The van der Waals surface area contributed by atoms with E-state index in [4.69, 9.17) is 0 Å². The summed E-state index contributed by atoms with van der Waals surface area (Å²) in [5.74, 6) is 2.02. The third kappa shape index (κ3) is 6.46. The molecule has 0 aliphatic carbocycles. The van der Waals surface area contributed by atoms with E-state index in [9.17, 15) is 4.79 Å². The van der Waals surface area contributed by atoms with E-state index >= 15 is 0 Å². The topological polar surface area (TPSA) is 104 Å². The molecule has 4 N–H and O–H groups in total. The molecule has 2 heterocycles. The average molecular weight is 391 g/mol. The van der Waals surface area contributed by atoms with Gasteiger partial charge in [0.15, 0.2) is 0 Å². The fourth-order valence-corrected chi connectivity index (χ4v) is 2.85. The Labute approximate surface area is 170 Å². The molecule has 0 aliphatic rings. The molecule has 0 aliphatic heterocycles. The first-order chi connectivity index (χ1) is 14.0. The Hall–Kier alpha value is -3.68. The van der Waals surface area contributed by atoms with Crippen molar-refractivity contribution in [2.45, 2.75) is 20.8 Å². The SMILES string of the molecule is Cc1cc(C)cc(NC(=O)NCCNc2cc(Nc3cc(C)ccn3)ncn2)c1. The maximum Gasteiger partial charge on any atom is 0.319 e. The zero-order valence-corrected chi connectivity index (χ0v) is 16.8. The van der Waals surface area contributed by atoms with Crippen LogP contribution in [0.25, 0.3) is 0 Å². The number of pyridine rings is 1. The lowest BCUT2D eigenvalue weighted by molar-refractivity contribution is 0.252. The number of anilines is 4. The molecular weight excluding hydrogens is 366 g/mol. The summed E-state index contributed by atoms with van der Waals surface area (Å²) in [6.45, 7) is 6.98. The van der Waals surface area contributed by atoms with Gasteiger partial charge < -0.3 is 21.3 Å². The highest BCUT2D eigenvalue weighted by Gasteiger charge is 2.04. The molecule has 0 unspecified atom stereocenters. The quantitative estimate of drug-likeness (QED) is 0.457. The van der Waals surface area contributed by atoms with Gasteiger partial charge in [-0.25, -0.2) is 19.7 Å². The summed E-state index contributed by atoms with van der Waals surface area (Å²) in [6.07, 6.45) is 3.22. The van der Waals surface area contributed by atoms with Crippen LogP contribution in [0.15, 0.2) is 48.9 Å². The first-order valence-corrected chi connectivity index (χ1v) is 9.37. The van der Waals surface area contributed by atoms with Gasteiger partial charge in [-0.15, -0.1) is 0 Å². The minimum Gasteiger partial charge on any atom is -0.368 e. The zero-order chi connectivity index (χ0) is 20.6. The third-order valence-electron chi connectivity index (χ3n) is 4.03. The number of amides is 2. The Morgan fingerprint density at radius 1 is 0.828 bits per heavy atom. The van der Waals surface area contributed by atoms with Crippen LogP contribution in [0.2, 0.25) is 0 Å². The van der Waals surface area contributed by atoms with Crippen LogP contribution in [0, 0.1) is 20.8 Å². The van der Waals surface area contributed by atoms with E-state index < -0.39 is 0 Å². The molecule has 0 fully saturated rings. The Balaban J connectivity index is 1.45. The molecule has 8 heteroatoms. The van der Waals surface area contributed by atoms with Crippen LogP contribution in [0.5, 0.6) is 0 Å². The average Bonchev–Trinajstić information content (AvgIpc) is 2.65. The zero-order valence-electron chi connectivity index (χ0n) is 16.8. The molecule has 0 saturated heterocycles. The minimum absolute atomic E-state index is 0.243. The summed E-state index contributed by atoms with van der Waals surface area (Å²) in [7, 11) is 0. The van der Waals surface area contributed by atoms with Crippen LogP contribution in [-0.2, 0) is 0 Å². The first kappa shape index (κ1) is 20.1. The van der Waals surface area contributed by atoms with E-state index in [1.165, 1.54) is 6.33 Å². The van der Waals surface area contributed by atoms with Crippen LogP contribution < -0.4 is 21.3 Å². The lowest BCUT2D eigenvalue weighted by Gasteiger charge is -2.11. The maximum absolute atomic E-state index is 12.0. The molecule has 3 rings (SSSR count). The smallest absolute Gasteiger partial charge is 0.319 e. The first-order valence-electron chi connectivity index (χ1n) is 9.37. The molecule has 2 amide bonds. The van der Waals surface area contributed by atoms with Gasteiger partial charge in [-0.2, -0.15) is 0 Å². The van der Waals surface area contributed by atoms with Crippen LogP contribution in [-0.4, -0.2) is 34.1 Å². The van der Waals surface area contributed by atoms with Crippen molar-refractivity contribution in [3.63, 3.8) is 0 Å². The highest BCUT2D eigenvalue weighted by atomic mass is 16.2. The summed E-state index contributed by atoms with van der Waals surface area (Å²) in [5.41, 5.74) is 4.11. The van der Waals surface area contributed by atoms with E-state index in [1.807, 2.05) is 45.0 Å². The lowest BCUT2D eigenvalue weighted by atomic mass is 10.1. The molecule has 8 nitrogen and oxygen atoms in total. The summed E-state index contributed by atoms with van der Waals surface area (Å²) >= 11 is 0. The molecule has 2 aromatic heterocycles. The van der Waals surface area contributed by atoms with E-state index in [0.29, 0.717) is 24.7 Å². The van der Waals surface area contributed by atoms with Crippen molar-refractivity contribution in [3.8, 4) is 0 Å². The van der Waals surface area contributed by atoms with Gasteiger partial charge in [-0.1, -0.05) is 6.07 Å². The van der Waals surface area contributed by atoms with Crippen molar-refractivity contribution >= 4 is 29.2 Å². The Kier molecular flexibility index (Phi) is 6.57. The number of carbonyl (C=O) groups excluding carboxylic acids is 1. The predicted molar refractivity (Wildman–Crippen MR) is 116 cm³/mol. The van der Waals surface area contributed by atoms with Gasteiger partial charge in [0.05, 0.1) is 0 Å². The second-order valence-electron chi connectivity index (χ2n) is 6.82. The number of urea groups is 1. The Morgan fingerprint density at radius 3 is 2.31 bits per heavy atom. The van der Waals surface area contributed by atoms with Gasteiger partial charge in [-0.3, -0.25) is 0 Å². The van der Waals surface area contributed by atoms with Crippen molar-refractivity contribution in [1.29, 1.82) is 0 Å². The highest BCUT2D eigenvalue weighted by molar-refractivity contribution is 5.89. The van der Waals surface area contributed by atoms with Gasteiger partial charge in [0.25, 0.3) is 0 Å². The predicted octanol–water partition coefficient (Wildman–Crippen LogP) is 3.77. The third-order valence-corrected chi connectivity index (χ3v) is 4.03. The van der Waals surface area contributed by atoms with Gasteiger partial charge in [-0.05, 0) is 61.7 Å². The number of aryl methyl sites for hydroxylation is 3. The van der Waals surface area contributed by atoms with E-state index in [-0.39, 0.29) is 6.03 Å². The minimum atomic E-state index is -0.243. The van der Waals surface area contributed by atoms with Crippen molar-refractivity contribution in [2.75, 3.05) is 29.0 Å². The molecule has 0 bridgehead atoms. The van der Waals surface area contributed by atoms with Crippen LogP contribution in [0.4, 0.5) is 27.9 Å². The second-order valence-corrected chi connectivity index (χ2v) is 6.82. The monoisotopic (exact) mass is 391 g/mol. The van der Waals surface area contributed by atoms with Crippen LogP contribution >= 0.6 is 0 Å². The number of hydrogen-bond acceptors (Lipinski definition) is 6. The summed E-state index contributed by atoms with van der Waals surface area (Å²) < 4.78 is 0. The standard InChI is InChI=1S/C21H25N7O/c1-14-4-5-22-19(11-14)28-20-12-18(25-13-26-20)23-6-7-24-21(29)27-17-9-15(2)8-16(3)10-17/h4-5,8-13H,6-7H2,1-3H3,(H2,24,27,29)(H2,22,23,25,26,28). The fraction of sp³-hybridized carbons (Fsp3) is 0.238. The fourth-order valence-electron chi connectivity index (χ4n) is 2.85. The van der Waals surface area contributed by atoms with Gasteiger partial charge >= 0.3 is 6.03 Å². The molecule has 0 spiro atoms. The second kappa shape index (κ2) is 9.50. The van der Waals surface area contributed by atoms with Crippen molar-refractivity contribution in [3.05, 3.63) is 65.6 Å². The number of aromatic nitrogens is 3. The van der Waals surface area contributed by atoms with Crippen molar-refractivity contribution < 1.29 is 4.79 Å². The van der Waals surface area contributed by atoms with Crippen LogP contribution in [0.1, 0.15) is 16.7 Å². The number of nitrogens with zero attached hydrogens (tertiary/aromatic N) is 3. The van der Waals surface area contributed by atoms with Crippen molar-refractivity contribution in [2.24, 2.45) is 0 Å². The normalized spacial score (nSPS) is 10.3. The highest BCUT2D eigenvalue weighted by Crippen LogP contribution is 2.15. The van der Waals surface area contributed by atoms with E-state index in [2.05, 4.69) is 42.3 Å². The van der Waals surface area contributed by atoms with Gasteiger partial charge in [0.2, 0.25) is 0 Å². The molecule has 29 heavy (non-hydrogen) atoms. The molecule has 1 aromatic carbocycles. The summed E-state index contributed by atoms with van der Waals surface area (Å²) in [6, 6.07) is 11.3. The Bertz CT molecular complexity index is 970. The van der Waals surface area contributed by atoms with Gasteiger partial charge in [0, 0.05) is 31.0 Å². The number of nitrogens with one attached hydrogen (secondary N) is 4. The Morgan fingerprint density at radius 2 is 1.55 bits per heavy atom. The van der Waals surface area contributed by atoms with E-state index in [1.54, 1.807) is 12.3 Å².